The van der Waals surface area contributed by atoms with Crippen LogP contribution in [0.25, 0.3) is 0 Å². The van der Waals surface area contributed by atoms with Gasteiger partial charge in [-0.05, 0) is 57.9 Å². The summed E-state index contributed by atoms with van der Waals surface area (Å²) in [6.45, 7) is 13.2. The van der Waals surface area contributed by atoms with E-state index in [9.17, 15) is 9.59 Å². The third-order valence-corrected chi connectivity index (χ3v) is 2.82. The Hall–Kier alpha value is -2.57. The molecule has 1 aromatic carbocycles. The van der Waals surface area contributed by atoms with Crippen LogP contribution in [0.5, 0.6) is 5.75 Å². The van der Waals surface area contributed by atoms with Crippen molar-refractivity contribution < 1.29 is 33.3 Å². The van der Waals surface area contributed by atoms with Crippen molar-refractivity contribution in [2.24, 2.45) is 0 Å². The molecule has 0 saturated heterocycles. The van der Waals surface area contributed by atoms with Gasteiger partial charge in [0.2, 0.25) is 0 Å². The predicted molar refractivity (Wildman–Crippen MR) is 98.5 cm³/mol. The average Bonchev–Trinajstić information content (AvgIpc) is 2.59. The van der Waals surface area contributed by atoms with Crippen molar-refractivity contribution in [1.29, 1.82) is 0 Å². The summed E-state index contributed by atoms with van der Waals surface area (Å²) in [5, 5.41) is 0. The van der Waals surface area contributed by atoms with Crippen LogP contribution >= 0.6 is 0 Å². The van der Waals surface area contributed by atoms with Crippen LogP contribution in [-0.2, 0) is 19.0 Å². The lowest BCUT2D eigenvalue weighted by Gasteiger charge is -2.19. The molecule has 0 amide bonds. The zero-order valence-corrected chi connectivity index (χ0v) is 17.1. The molecule has 0 fully saturated rings. The lowest BCUT2D eigenvalue weighted by atomic mass is 10.0. The second kappa shape index (κ2) is 12.7. The number of ether oxygens (including phenoxy) is 4. The summed E-state index contributed by atoms with van der Waals surface area (Å²) in [6, 6.07) is 3.12. The second-order valence-corrected chi connectivity index (χ2v) is 5.75. The van der Waals surface area contributed by atoms with Crippen LogP contribution in [0.1, 0.15) is 56.1 Å². The fraction of sp³-hybridized carbons (Fsp3) is 0.526. The van der Waals surface area contributed by atoms with E-state index in [2.05, 4.69) is 9.47 Å². The lowest BCUT2D eigenvalue weighted by Crippen LogP contribution is -2.26. The Morgan fingerprint density at radius 3 is 1.88 bits per heavy atom. The first-order valence-corrected chi connectivity index (χ1v) is 8.13. The summed E-state index contributed by atoms with van der Waals surface area (Å²) >= 11 is 0. The maximum Gasteiger partial charge on any atom is 0.514 e. The molecule has 7 nitrogen and oxygen atoms in total. The molecule has 0 radical (unpaired) electrons. The highest BCUT2D eigenvalue weighted by Crippen LogP contribution is 2.25. The van der Waals surface area contributed by atoms with Gasteiger partial charge in [0.1, 0.15) is 11.4 Å². The van der Waals surface area contributed by atoms with Crippen molar-refractivity contribution >= 4 is 18.6 Å². The first-order chi connectivity index (χ1) is 12.1. The normalized spacial score (nSPS) is 9.42. The highest BCUT2D eigenvalue weighted by atomic mass is 16.7. The molecular weight excluding hydrogens is 340 g/mol. The zero-order valence-electron chi connectivity index (χ0n) is 17.1. The first-order valence-electron chi connectivity index (χ1n) is 8.13. The maximum absolute atomic E-state index is 11.6. The highest BCUT2D eigenvalue weighted by molar-refractivity contribution is 5.91. The summed E-state index contributed by atoms with van der Waals surface area (Å²) in [4.78, 5) is 32.1. The van der Waals surface area contributed by atoms with Crippen molar-refractivity contribution in [3.63, 3.8) is 0 Å². The Bertz CT molecular complexity index is 586. The topological polar surface area (TPSA) is 88.1 Å². The van der Waals surface area contributed by atoms with Gasteiger partial charge in [0.25, 0.3) is 6.47 Å². The smallest absolute Gasteiger partial charge is 0.471 e. The third kappa shape index (κ3) is 9.66. The van der Waals surface area contributed by atoms with Crippen LogP contribution in [0.15, 0.2) is 12.1 Å². The monoisotopic (exact) mass is 370 g/mol. The molecule has 148 valence electrons. The quantitative estimate of drug-likeness (QED) is 0.341. The summed E-state index contributed by atoms with van der Waals surface area (Å²) in [5.41, 5.74) is 1.23. The van der Waals surface area contributed by atoms with Gasteiger partial charge in [-0.25, -0.2) is 9.59 Å². The number of rotatable bonds is 3. The van der Waals surface area contributed by atoms with E-state index in [0.717, 1.165) is 0 Å². The summed E-state index contributed by atoms with van der Waals surface area (Å²) in [7, 11) is 2.63. The molecule has 0 bridgehead atoms. The molecule has 0 spiro atoms. The standard InChI is InChI=1S/C15H20O5.C2H4O2.C2H6/c1-9-10(2)12(8-7-11(9)13(16)18-6)19-14(17)20-15(3,4)5;1-4-2-3;1-2/h7-8H,1-6H3;2H,1H3;1-2H3. The minimum Gasteiger partial charge on any atom is -0.471 e. The Balaban J connectivity index is 0. The van der Waals surface area contributed by atoms with E-state index in [0.29, 0.717) is 28.9 Å². The number of benzene rings is 1. The first kappa shape index (κ1) is 25.7. The minimum absolute atomic E-state index is 0.365. The second-order valence-electron chi connectivity index (χ2n) is 5.75. The van der Waals surface area contributed by atoms with Crippen LogP contribution in [0.2, 0.25) is 0 Å². The Morgan fingerprint density at radius 2 is 1.50 bits per heavy atom. The lowest BCUT2D eigenvalue weighted by molar-refractivity contribution is -0.126. The number of esters is 1. The van der Waals surface area contributed by atoms with E-state index in [1.54, 1.807) is 46.8 Å². The molecule has 1 aromatic rings. The average molecular weight is 370 g/mol. The molecule has 26 heavy (non-hydrogen) atoms. The number of methoxy groups -OCH3 is 2. The molecule has 0 aliphatic heterocycles. The largest absolute Gasteiger partial charge is 0.514 e. The third-order valence-electron chi connectivity index (χ3n) is 2.82. The van der Waals surface area contributed by atoms with Gasteiger partial charge in [-0.15, -0.1) is 0 Å². The number of carbonyl (C=O) groups excluding carboxylic acids is 3. The van der Waals surface area contributed by atoms with E-state index in [1.807, 2.05) is 13.8 Å². The van der Waals surface area contributed by atoms with E-state index in [4.69, 9.17) is 14.3 Å². The molecule has 0 heterocycles. The van der Waals surface area contributed by atoms with Gasteiger partial charge < -0.3 is 18.9 Å². The number of carbonyl (C=O) groups is 3. The van der Waals surface area contributed by atoms with E-state index < -0.39 is 17.7 Å². The molecule has 0 saturated carbocycles. The fourth-order valence-corrected chi connectivity index (χ4v) is 1.60. The number of hydrogen-bond donors (Lipinski definition) is 0. The molecule has 0 unspecified atom stereocenters. The van der Waals surface area contributed by atoms with Crippen LogP contribution in [-0.4, -0.2) is 38.4 Å². The molecule has 0 atom stereocenters. The van der Waals surface area contributed by atoms with Crippen LogP contribution in [0.3, 0.4) is 0 Å². The van der Waals surface area contributed by atoms with Gasteiger partial charge in [-0.2, -0.15) is 0 Å². The van der Waals surface area contributed by atoms with Crippen molar-refractivity contribution in [1.82, 2.24) is 0 Å². The Kier molecular flexibility index (Phi) is 12.6. The van der Waals surface area contributed by atoms with Gasteiger partial charge >= 0.3 is 12.1 Å². The molecule has 0 aliphatic carbocycles. The van der Waals surface area contributed by atoms with E-state index in [1.165, 1.54) is 14.2 Å². The molecule has 0 N–H and O–H groups in total. The van der Waals surface area contributed by atoms with E-state index >= 15 is 0 Å². The van der Waals surface area contributed by atoms with Crippen LogP contribution in [0, 0.1) is 13.8 Å². The van der Waals surface area contributed by atoms with Gasteiger partial charge in [0.15, 0.2) is 0 Å². The van der Waals surface area contributed by atoms with Crippen LogP contribution < -0.4 is 4.74 Å². The van der Waals surface area contributed by atoms with Gasteiger partial charge in [0.05, 0.1) is 19.8 Å². The summed E-state index contributed by atoms with van der Waals surface area (Å²) in [5.74, 6) is -0.0566. The van der Waals surface area contributed by atoms with Crippen LogP contribution in [0.4, 0.5) is 4.79 Å². The van der Waals surface area contributed by atoms with E-state index in [-0.39, 0.29) is 0 Å². The molecule has 0 aliphatic rings. The van der Waals surface area contributed by atoms with Crippen molar-refractivity contribution in [3.05, 3.63) is 28.8 Å². The van der Waals surface area contributed by atoms with Gasteiger partial charge in [-0.1, -0.05) is 13.8 Å². The summed E-state index contributed by atoms with van der Waals surface area (Å²) in [6.07, 6.45) is -0.772. The van der Waals surface area contributed by atoms with Gasteiger partial charge in [0, 0.05) is 0 Å². The SMILES string of the molecule is CC.COC(=O)c1ccc(OC(=O)OC(C)(C)C)c(C)c1C.COC=O. The maximum atomic E-state index is 11.6. The molecular formula is C19H30O7. The minimum atomic E-state index is -0.772. The molecule has 7 heteroatoms. The zero-order chi connectivity index (χ0) is 20.9. The van der Waals surface area contributed by atoms with Crippen molar-refractivity contribution in [2.75, 3.05) is 14.2 Å². The molecule has 1 rings (SSSR count). The predicted octanol–water partition coefficient (Wildman–Crippen LogP) is 4.22. The Morgan fingerprint density at radius 1 is 1.00 bits per heavy atom. The fourth-order valence-electron chi connectivity index (χ4n) is 1.60. The Labute approximate surface area is 155 Å². The van der Waals surface area contributed by atoms with Crippen molar-refractivity contribution in [3.8, 4) is 5.75 Å². The molecule has 0 aromatic heterocycles. The number of hydrogen-bond acceptors (Lipinski definition) is 7. The van der Waals surface area contributed by atoms with Gasteiger partial charge in [-0.3, -0.25) is 4.79 Å². The van der Waals surface area contributed by atoms with Crippen molar-refractivity contribution in [2.45, 2.75) is 54.1 Å². The highest BCUT2D eigenvalue weighted by Gasteiger charge is 2.20. The summed E-state index contributed by atoms with van der Waals surface area (Å²) < 4.78 is 18.8.